The Balaban J connectivity index is 1.81. The minimum absolute atomic E-state index is 0.0295. The summed E-state index contributed by atoms with van der Waals surface area (Å²) in [7, 11) is 1.68. The molecule has 2 N–H and O–H groups in total. The lowest BCUT2D eigenvalue weighted by atomic mass is 9.52. The number of aliphatic hydroxyl groups is 1. The summed E-state index contributed by atoms with van der Waals surface area (Å²) in [6, 6.07) is 5.52. The molecule has 0 radical (unpaired) electrons. The predicted molar refractivity (Wildman–Crippen MR) is 93.0 cm³/mol. The van der Waals surface area contributed by atoms with E-state index >= 15 is 0 Å². The molecule has 0 saturated heterocycles. The van der Waals surface area contributed by atoms with Gasteiger partial charge >= 0.3 is 0 Å². The minimum atomic E-state index is -1.73. The molecule has 0 aromatic heterocycles. The van der Waals surface area contributed by atoms with Crippen molar-refractivity contribution >= 4 is 0 Å². The Morgan fingerprint density at radius 1 is 1.40 bits per heavy atom. The van der Waals surface area contributed by atoms with Crippen molar-refractivity contribution in [3.05, 3.63) is 29.3 Å². The molecule has 0 bridgehead atoms. The fourth-order valence-corrected chi connectivity index (χ4v) is 6.07. The van der Waals surface area contributed by atoms with Crippen LogP contribution in [-0.2, 0) is 11.2 Å². The van der Waals surface area contributed by atoms with E-state index in [2.05, 4.69) is 5.92 Å². The molecule has 2 fully saturated rings. The van der Waals surface area contributed by atoms with E-state index in [0.29, 0.717) is 12.8 Å². The fraction of sp³-hybridized carbons (Fsp3) is 0.619. The Morgan fingerprint density at radius 2 is 2.16 bits per heavy atom. The number of aromatic hydroxyl groups is 1. The zero-order valence-corrected chi connectivity index (χ0v) is 14.7. The summed E-state index contributed by atoms with van der Waals surface area (Å²) < 4.78 is 20.6. The zero-order chi connectivity index (χ0) is 18.0. The lowest BCUT2D eigenvalue weighted by Gasteiger charge is -2.54. The Labute approximate surface area is 148 Å². The molecule has 4 rings (SSSR count). The van der Waals surface area contributed by atoms with Gasteiger partial charge in [0.05, 0.1) is 6.10 Å². The molecule has 2 saturated carbocycles. The molecule has 0 aliphatic heterocycles. The summed E-state index contributed by atoms with van der Waals surface area (Å²) in [6.07, 6.45) is 6.66. The van der Waals surface area contributed by atoms with E-state index in [-0.39, 0.29) is 29.6 Å². The number of aryl methyl sites for hydroxylation is 1. The average molecular weight is 344 g/mol. The zero-order valence-electron chi connectivity index (χ0n) is 14.7. The number of halogens is 1. The molecule has 3 aliphatic carbocycles. The van der Waals surface area contributed by atoms with Gasteiger partial charge in [-0.15, -0.1) is 6.42 Å². The molecule has 0 unspecified atom stereocenters. The van der Waals surface area contributed by atoms with E-state index in [9.17, 15) is 14.6 Å². The number of terminal acetylenes is 1. The second-order valence-corrected chi connectivity index (χ2v) is 8.23. The second kappa shape index (κ2) is 5.46. The van der Waals surface area contributed by atoms with E-state index in [0.717, 1.165) is 18.4 Å². The van der Waals surface area contributed by atoms with E-state index < -0.39 is 17.2 Å². The highest BCUT2D eigenvalue weighted by atomic mass is 19.1. The summed E-state index contributed by atoms with van der Waals surface area (Å²) in [5.74, 6) is 3.07. The third-order valence-electron chi connectivity index (χ3n) is 7.36. The van der Waals surface area contributed by atoms with Gasteiger partial charge in [0.15, 0.2) is 5.60 Å². The molecule has 4 heteroatoms. The molecule has 7 atom stereocenters. The molecule has 134 valence electrons. The Morgan fingerprint density at radius 3 is 2.84 bits per heavy atom. The fourth-order valence-electron chi connectivity index (χ4n) is 6.07. The molecule has 0 spiro atoms. The smallest absolute Gasteiger partial charge is 0.161 e. The molecule has 3 aliphatic rings. The van der Waals surface area contributed by atoms with Crippen LogP contribution in [0.5, 0.6) is 5.75 Å². The summed E-state index contributed by atoms with van der Waals surface area (Å²) in [5, 5.41) is 20.8. The van der Waals surface area contributed by atoms with Gasteiger partial charge in [-0.2, -0.15) is 0 Å². The van der Waals surface area contributed by atoms with Crippen LogP contribution in [0.3, 0.4) is 0 Å². The van der Waals surface area contributed by atoms with Crippen molar-refractivity contribution < 1.29 is 19.3 Å². The molecular weight excluding hydrogens is 319 g/mol. The molecule has 1 aromatic rings. The molecule has 0 amide bonds. The lowest BCUT2D eigenvalue weighted by molar-refractivity contribution is -0.126. The van der Waals surface area contributed by atoms with E-state index in [4.69, 9.17) is 11.2 Å². The van der Waals surface area contributed by atoms with Crippen molar-refractivity contribution in [1.29, 1.82) is 0 Å². The molecular formula is C21H25FO3. The van der Waals surface area contributed by atoms with Gasteiger partial charge in [-0.25, -0.2) is 4.39 Å². The van der Waals surface area contributed by atoms with Crippen molar-refractivity contribution in [2.45, 2.75) is 56.4 Å². The average Bonchev–Trinajstić information content (AvgIpc) is 2.81. The maximum Gasteiger partial charge on any atom is 0.161 e. The van der Waals surface area contributed by atoms with Gasteiger partial charge in [0, 0.05) is 18.4 Å². The standard InChI is InChI=1S/C21H25FO3/c1-4-21(24)18(22)10-16-15-7-5-12-9-13(23)6-8-14(12)19(15)17(25-3)11-20(16,21)2/h1,6,8-9,15-19,23-24H,5,7,10-11H2,2-3H3/t15-,16-,17-,18+,19+,20-,21-/m0/s1. The molecule has 3 nitrogen and oxygen atoms in total. The van der Waals surface area contributed by atoms with E-state index in [1.54, 1.807) is 13.2 Å². The van der Waals surface area contributed by atoms with Crippen LogP contribution in [0.4, 0.5) is 4.39 Å². The van der Waals surface area contributed by atoms with Crippen LogP contribution in [0.15, 0.2) is 18.2 Å². The highest BCUT2D eigenvalue weighted by molar-refractivity contribution is 5.42. The first-order chi connectivity index (χ1) is 11.9. The number of rotatable bonds is 1. The van der Waals surface area contributed by atoms with E-state index in [1.807, 2.05) is 19.1 Å². The lowest BCUT2D eigenvalue weighted by Crippen LogP contribution is -2.56. The number of hydrogen-bond donors (Lipinski definition) is 2. The first kappa shape index (κ1) is 16.9. The molecule has 1 aromatic carbocycles. The summed E-state index contributed by atoms with van der Waals surface area (Å²) in [5.41, 5.74) is -0.0741. The van der Waals surface area contributed by atoms with Crippen LogP contribution in [0.1, 0.15) is 43.2 Å². The number of phenolic OH excluding ortho intramolecular Hbond substituents is 1. The molecule has 0 heterocycles. The van der Waals surface area contributed by atoms with Crippen LogP contribution in [0, 0.1) is 29.6 Å². The topological polar surface area (TPSA) is 49.7 Å². The van der Waals surface area contributed by atoms with Gasteiger partial charge in [-0.3, -0.25) is 0 Å². The second-order valence-electron chi connectivity index (χ2n) is 8.23. The normalized spacial score (nSPS) is 45.2. The largest absolute Gasteiger partial charge is 0.508 e. The summed E-state index contributed by atoms with van der Waals surface area (Å²) in [6.45, 7) is 1.94. The third kappa shape index (κ3) is 2.06. The number of alkyl halides is 1. The monoisotopic (exact) mass is 344 g/mol. The first-order valence-electron chi connectivity index (χ1n) is 9.04. The van der Waals surface area contributed by atoms with Gasteiger partial charge in [0.1, 0.15) is 11.9 Å². The summed E-state index contributed by atoms with van der Waals surface area (Å²) in [4.78, 5) is 0. The Bertz CT molecular complexity index is 741. The van der Waals surface area contributed by atoms with Crippen molar-refractivity contribution in [2.75, 3.05) is 7.11 Å². The SMILES string of the molecule is C#C[C@]1(O)[C@H](F)C[C@H]2[C@@H]3CCc4cc(O)ccc4[C@H]3[C@@H](OC)C[C@@]21C. The van der Waals surface area contributed by atoms with Crippen molar-refractivity contribution in [2.24, 2.45) is 17.3 Å². The van der Waals surface area contributed by atoms with Crippen molar-refractivity contribution in [3.8, 4) is 18.1 Å². The van der Waals surface area contributed by atoms with Gasteiger partial charge in [-0.05, 0) is 60.8 Å². The van der Waals surface area contributed by atoms with Crippen LogP contribution in [0.2, 0.25) is 0 Å². The van der Waals surface area contributed by atoms with Crippen LogP contribution < -0.4 is 0 Å². The first-order valence-corrected chi connectivity index (χ1v) is 9.04. The quantitative estimate of drug-likeness (QED) is 0.769. The number of ether oxygens (including phenoxy) is 1. The van der Waals surface area contributed by atoms with Crippen LogP contribution >= 0.6 is 0 Å². The number of benzene rings is 1. The highest BCUT2D eigenvalue weighted by Crippen LogP contribution is 2.65. The Kier molecular flexibility index (Phi) is 3.69. The number of phenols is 1. The van der Waals surface area contributed by atoms with Crippen molar-refractivity contribution in [1.82, 2.24) is 0 Å². The maximum absolute atomic E-state index is 14.8. The van der Waals surface area contributed by atoms with Gasteiger partial charge in [0.2, 0.25) is 0 Å². The van der Waals surface area contributed by atoms with Gasteiger partial charge in [0.25, 0.3) is 0 Å². The highest BCUT2D eigenvalue weighted by Gasteiger charge is 2.68. The van der Waals surface area contributed by atoms with Crippen molar-refractivity contribution in [3.63, 3.8) is 0 Å². The summed E-state index contributed by atoms with van der Waals surface area (Å²) >= 11 is 0. The van der Waals surface area contributed by atoms with Gasteiger partial charge in [-0.1, -0.05) is 18.9 Å². The Hall–Kier alpha value is -1.57. The van der Waals surface area contributed by atoms with E-state index in [1.165, 1.54) is 5.56 Å². The maximum atomic E-state index is 14.8. The minimum Gasteiger partial charge on any atom is -0.508 e. The van der Waals surface area contributed by atoms with Crippen LogP contribution in [0.25, 0.3) is 0 Å². The molecule has 25 heavy (non-hydrogen) atoms. The van der Waals surface area contributed by atoms with Gasteiger partial charge < -0.3 is 14.9 Å². The van der Waals surface area contributed by atoms with Crippen LogP contribution in [-0.4, -0.2) is 35.2 Å². The third-order valence-corrected chi connectivity index (χ3v) is 7.36. The number of methoxy groups -OCH3 is 1. The predicted octanol–water partition coefficient (Wildman–Crippen LogP) is 3.19. The number of hydrogen-bond acceptors (Lipinski definition) is 3. The number of fused-ring (bicyclic) bond motifs is 5.